The number of benzene rings is 1. The quantitative estimate of drug-likeness (QED) is 0.764. The topological polar surface area (TPSA) is 35.6 Å². The molecule has 1 N–H and O–H groups in total. The molecular formula is C19H28ClN3OS. The van der Waals surface area contributed by atoms with Gasteiger partial charge in [0.1, 0.15) is 0 Å². The zero-order valence-electron chi connectivity index (χ0n) is 15.3. The van der Waals surface area contributed by atoms with E-state index in [0.717, 1.165) is 61.7 Å². The number of rotatable bonds is 5. The van der Waals surface area contributed by atoms with Crippen molar-refractivity contribution in [3.05, 3.63) is 28.8 Å². The van der Waals surface area contributed by atoms with Crippen molar-refractivity contribution in [1.82, 2.24) is 9.80 Å². The van der Waals surface area contributed by atoms with Crippen LogP contribution in [-0.4, -0.2) is 46.5 Å². The fourth-order valence-electron chi connectivity index (χ4n) is 3.18. The molecule has 0 unspecified atom stereocenters. The molecule has 1 heterocycles. The largest absolute Gasteiger partial charge is 0.346 e. The molecule has 1 aromatic rings. The van der Waals surface area contributed by atoms with Gasteiger partial charge in [0.05, 0.1) is 10.7 Å². The van der Waals surface area contributed by atoms with Crippen LogP contribution in [0.25, 0.3) is 0 Å². The highest BCUT2D eigenvalue weighted by molar-refractivity contribution is 7.80. The lowest BCUT2D eigenvalue weighted by molar-refractivity contribution is -0.130. The number of piperidine rings is 1. The summed E-state index contributed by atoms with van der Waals surface area (Å²) in [5.41, 5.74) is 1.97. The van der Waals surface area contributed by atoms with Crippen LogP contribution >= 0.6 is 23.8 Å². The van der Waals surface area contributed by atoms with E-state index in [9.17, 15) is 4.79 Å². The van der Waals surface area contributed by atoms with Crippen molar-refractivity contribution in [2.45, 2.75) is 52.5 Å². The number of carbonyl (C=O) groups is 1. The van der Waals surface area contributed by atoms with Crippen LogP contribution in [0.3, 0.4) is 0 Å². The number of thiocarbonyl (C=S) groups is 1. The minimum absolute atomic E-state index is 0.158. The van der Waals surface area contributed by atoms with Crippen LogP contribution in [0.2, 0.25) is 5.02 Å². The van der Waals surface area contributed by atoms with Gasteiger partial charge in [-0.05, 0) is 56.1 Å². The number of aryl methyl sites for hydroxylation is 1. The van der Waals surface area contributed by atoms with Gasteiger partial charge in [-0.2, -0.15) is 0 Å². The summed E-state index contributed by atoms with van der Waals surface area (Å²) in [4.78, 5) is 15.7. The Hall–Kier alpha value is -1.33. The highest BCUT2D eigenvalue weighted by atomic mass is 35.5. The van der Waals surface area contributed by atoms with Crippen molar-refractivity contribution in [2.75, 3.05) is 25.0 Å². The molecule has 0 aliphatic carbocycles. The first-order valence-electron chi connectivity index (χ1n) is 9.01. The molecule has 1 aromatic carbocycles. The maximum Gasteiger partial charge on any atom is 0.219 e. The van der Waals surface area contributed by atoms with Gasteiger partial charge in [-0.25, -0.2) is 0 Å². The lowest BCUT2D eigenvalue weighted by Gasteiger charge is -2.39. The SMILES string of the molecule is CCCCN(C(=S)Nc1ccc(C)cc1Cl)C1CCN(C(C)=O)CC1. The van der Waals surface area contributed by atoms with E-state index >= 15 is 0 Å². The molecule has 0 radical (unpaired) electrons. The molecule has 2 rings (SSSR count). The third kappa shape index (κ3) is 5.58. The van der Waals surface area contributed by atoms with Crippen LogP contribution < -0.4 is 5.32 Å². The first kappa shape index (κ1) is 20.0. The molecule has 6 heteroatoms. The molecule has 4 nitrogen and oxygen atoms in total. The Labute approximate surface area is 161 Å². The van der Waals surface area contributed by atoms with Gasteiger partial charge in [-0.1, -0.05) is 31.0 Å². The van der Waals surface area contributed by atoms with Crippen molar-refractivity contribution >= 4 is 40.5 Å². The predicted octanol–water partition coefficient (Wildman–Crippen LogP) is 4.46. The van der Waals surface area contributed by atoms with Gasteiger partial charge in [-0.3, -0.25) is 4.79 Å². The second-order valence-electron chi connectivity index (χ2n) is 6.70. The fraction of sp³-hybridized carbons (Fsp3) is 0.579. The van der Waals surface area contributed by atoms with Crippen LogP contribution in [0.1, 0.15) is 45.1 Å². The molecule has 1 aliphatic rings. The third-order valence-electron chi connectivity index (χ3n) is 4.73. The zero-order chi connectivity index (χ0) is 18.4. The van der Waals surface area contributed by atoms with E-state index in [4.69, 9.17) is 23.8 Å². The summed E-state index contributed by atoms with van der Waals surface area (Å²) in [6.07, 6.45) is 4.12. The Balaban J connectivity index is 2.05. The van der Waals surface area contributed by atoms with Crippen LogP contribution in [0.4, 0.5) is 5.69 Å². The Morgan fingerprint density at radius 2 is 2.08 bits per heavy atom. The Morgan fingerprint density at radius 1 is 1.40 bits per heavy atom. The van der Waals surface area contributed by atoms with E-state index in [1.165, 1.54) is 0 Å². The fourth-order valence-corrected chi connectivity index (χ4v) is 3.81. The normalized spacial score (nSPS) is 15.1. The molecule has 1 amide bonds. The minimum Gasteiger partial charge on any atom is -0.346 e. The summed E-state index contributed by atoms with van der Waals surface area (Å²) < 4.78 is 0. The summed E-state index contributed by atoms with van der Waals surface area (Å²) in [6, 6.07) is 6.30. The predicted molar refractivity (Wildman–Crippen MR) is 109 cm³/mol. The van der Waals surface area contributed by atoms with E-state index in [2.05, 4.69) is 17.1 Å². The average Bonchev–Trinajstić information content (AvgIpc) is 2.58. The number of carbonyl (C=O) groups excluding carboxylic acids is 1. The summed E-state index contributed by atoms with van der Waals surface area (Å²) in [5, 5.41) is 4.73. The molecule has 0 atom stereocenters. The number of hydrogen-bond donors (Lipinski definition) is 1. The number of unbranched alkanes of at least 4 members (excludes halogenated alkanes) is 1. The molecule has 0 spiro atoms. The lowest BCUT2D eigenvalue weighted by atomic mass is 10.0. The van der Waals surface area contributed by atoms with Crippen molar-refractivity contribution in [3.8, 4) is 0 Å². The van der Waals surface area contributed by atoms with Crippen molar-refractivity contribution in [1.29, 1.82) is 0 Å². The van der Waals surface area contributed by atoms with Crippen LogP contribution in [-0.2, 0) is 4.79 Å². The summed E-state index contributed by atoms with van der Waals surface area (Å²) in [6.45, 7) is 8.37. The maximum absolute atomic E-state index is 11.5. The number of halogens is 1. The summed E-state index contributed by atoms with van der Waals surface area (Å²) in [7, 11) is 0. The van der Waals surface area contributed by atoms with Gasteiger partial charge >= 0.3 is 0 Å². The molecule has 1 fully saturated rings. The standard InChI is InChI=1S/C19H28ClN3OS/c1-4-5-10-23(16-8-11-22(12-9-16)15(3)24)19(25)21-18-7-6-14(2)13-17(18)20/h6-7,13,16H,4-5,8-12H2,1-3H3,(H,21,25). The van der Waals surface area contributed by atoms with Crippen molar-refractivity contribution < 1.29 is 4.79 Å². The zero-order valence-corrected chi connectivity index (χ0v) is 16.9. The van der Waals surface area contributed by atoms with Gasteiger partial charge in [0.2, 0.25) is 5.91 Å². The van der Waals surface area contributed by atoms with Crippen LogP contribution in [0.15, 0.2) is 18.2 Å². The second kappa shape index (κ2) is 9.39. The monoisotopic (exact) mass is 381 g/mol. The highest BCUT2D eigenvalue weighted by Crippen LogP contribution is 2.25. The second-order valence-corrected chi connectivity index (χ2v) is 7.49. The van der Waals surface area contributed by atoms with Crippen molar-refractivity contribution in [2.24, 2.45) is 0 Å². The van der Waals surface area contributed by atoms with Gasteiger partial charge in [0.25, 0.3) is 0 Å². The molecule has 1 saturated heterocycles. The van der Waals surface area contributed by atoms with E-state index in [1.54, 1.807) is 6.92 Å². The smallest absolute Gasteiger partial charge is 0.219 e. The van der Waals surface area contributed by atoms with Crippen molar-refractivity contribution in [3.63, 3.8) is 0 Å². The molecule has 0 saturated carbocycles. The molecule has 138 valence electrons. The highest BCUT2D eigenvalue weighted by Gasteiger charge is 2.27. The molecular weight excluding hydrogens is 354 g/mol. The number of amides is 1. The number of hydrogen-bond acceptors (Lipinski definition) is 2. The number of nitrogens with zero attached hydrogens (tertiary/aromatic N) is 2. The van der Waals surface area contributed by atoms with E-state index in [0.29, 0.717) is 11.1 Å². The maximum atomic E-state index is 11.5. The van der Waals surface area contributed by atoms with E-state index < -0.39 is 0 Å². The van der Waals surface area contributed by atoms with Crippen LogP contribution in [0, 0.1) is 6.92 Å². The van der Waals surface area contributed by atoms with Gasteiger partial charge in [0, 0.05) is 32.6 Å². The van der Waals surface area contributed by atoms with Gasteiger partial charge in [-0.15, -0.1) is 0 Å². The molecule has 1 aliphatic heterocycles. The summed E-state index contributed by atoms with van der Waals surface area (Å²) >= 11 is 12.0. The molecule has 0 aromatic heterocycles. The Bertz CT molecular complexity index is 615. The van der Waals surface area contributed by atoms with Gasteiger partial charge < -0.3 is 15.1 Å². The Morgan fingerprint density at radius 3 is 2.64 bits per heavy atom. The number of likely N-dealkylation sites (tertiary alicyclic amines) is 1. The number of anilines is 1. The first-order chi connectivity index (χ1) is 11.9. The van der Waals surface area contributed by atoms with Crippen LogP contribution in [0.5, 0.6) is 0 Å². The average molecular weight is 382 g/mol. The van der Waals surface area contributed by atoms with E-state index in [1.807, 2.05) is 30.0 Å². The van der Waals surface area contributed by atoms with Gasteiger partial charge in [0.15, 0.2) is 5.11 Å². The first-order valence-corrected chi connectivity index (χ1v) is 9.80. The minimum atomic E-state index is 0.158. The Kier molecular flexibility index (Phi) is 7.51. The third-order valence-corrected chi connectivity index (χ3v) is 5.38. The summed E-state index contributed by atoms with van der Waals surface area (Å²) in [5.74, 6) is 0.158. The number of nitrogens with one attached hydrogen (secondary N) is 1. The lowest BCUT2D eigenvalue weighted by Crippen LogP contribution is -2.49. The van der Waals surface area contributed by atoms with E-state index in [-0.39, 0.29) is 5.91 Å². The molecule has 25 heavy (non-hydrogen) atoms. The molecule has 0 bridgehead atoms.